The molecule has 1 aliphatic rings. The van der Waals surface area contributed by atoms with Crippen molar-refractivity contribution in [2.45, 2.75) is 20.0 Å². The number of benzene rings is 2. The van der Waals surface area contributed by atoms with E-state index in [1.807, 2.05) is 0 Å². The molecular formula is C20H16FNO5S. The molecule has 0 fully saturated rings. The molecule has 0 radical (unpaired) electrons. The van der Waals surface area contributed by atoms with Crippen LogP contribution in [0, 0.1) is 12.7 Å². The lowest BCUT2D eigenvalue weighted by Gasteiger charge is -2.13. The van der Waals surface area contributed by atoms with Gasteiger partial charge in [0.05, 0.1) is 0 Å². The summed E-state index contributed by atoms with van der Waals surface area (Å²) in [5.41, 5.74) is 1.00. The summed E-state index contributed by atoms with van der Waals surface area (Å²) >= 11 is 1.14. The predicted octanol–water partition coefficient (Wildman–Crippen LogP) is 4.26. The Bertz CT molecular complexity index is 1090. The number of amides is 1. The highest BCUT2D eigenvalue weighted by Crippen LogP contribution is 2.35. The summed E-state index contributed by atoms with van der Waals surface area (Å²) in [7, 11) is 0. The molecule has 6 nitrogen and oxygen atoms in total. The van der Waals surface area contributed by atoms with E-state index in [1.165, 1.54) is 13.0 Å². The molecule has 8 heteroatoms. The van der Waals surface area contributed by atoms with Crippen LogP contribution in [0.4, 0.5) is 10.1 Å². The van der Waals surface area contributed by atoms with E-state index in [2.05, 4.69) is 5.32 Å². The molecule has 1 aliphatic heterocycles. The first-order chi connectivity index (χ1) is 13.4. The summed E-state index contributed by atoms with van der Waals surface area (Å²) in [6.07, 6.45) is -1.03. The van der Waals surface area contributed by atoms with Gasteiger partial charge in [-0.3, -0.25) is 4.79 Å². The van der Waals surface area contributed by atoms with Crippen LogP contribution in [-0.2, 0) is 9.53 Å². The van der Waals surface area contributed by atoms with Gasteiger partial charge in [-0.15, -0.1) is 11.3 Å². The van der Waals surface area contributed by atoms with Crippen molar-refractivity contribution in [1.82, 2.24) is 0 Å². The minimum absolute atomic E-state index is 0.135. The van der Waals surface area contributed by atoms with Crippen molar-refractivity contribution in [1.29, 1.82) is 0 Å². The Kier molecular flexibility index (Phi) is 4.64. The van der Waals surface area contributed by atoms with Crippen LogP contribution in [-0.4, -0.2) is 24.8 Å². The maximum absolute atomic E-state index is 14.0. The molecule has 0 saturated heterocycles. The third-order valence-electron chi connectivity index (χ3n) is 4.38. The number of esters is 1. The lowest BCUT2D eigenvalue weighted by molar-refractivity contribution is -0.123. The van der Waals surface area contributed by atoms with Crippen molar-refractivity contribution in [2.24, 2.45) is 0 Å². The molecule has 144 valence electrons. The monoisotopic (exact) mass is 401 g/mol. The molecule has 0 unspecified atom stereocenters. The number of ether oxygens (including phenoxy) is 3. The van der Waals surface area contributed by atoms with Gasteiger partial charge in [-0.05, 0) is 43.7 Å². The molecule has 0 spiro atoms. The van der Waals surface area contributed by atoms with Crippen molar-refractivity contribution in [3.63, 3.8) is 0 Å². The lowest BCUT2D eigenvalue weighted by atomic mass is 10.1. The molecule has 1 N–H and O–H groups in total. The molecule has 0 aliphatic carbocycles. The van der Waals surface area contributed by atoms with Gasteiger partial charge in [0, 0.05) is 21.8 Å². The van der Waals surface area contributed by atoms with Crippen molar-refractivity contribution in [3.8, 4) is 11.5 Å². The maximum Gasteiger partial charge on any atom is 0.349 e. The van der Waals surface area contributed by atoms with Crippen LogP contribution in [0.1, 0.15) is 22.2 Å². The number of aryl methyl sites for hydroxylation is 1. The Hall–Kier alpha value is -3.13. The minimum atomic E-state index is -1.03. The van der Waals surface area contributed by atoms with Gasteiger partial charge in [0.1, 0.15) is 10.7 Å². The number of carbonyl (C=O) groups is 2. The highest BCUT2D eigenvalue weighted by molar-refractivity contribution is 7.21. The Morgan fingerprint density at radius 1 is 1.21 bits per heavy atom. The summed E-state index contributed by atoms with van der Waals surface area (Å²) in [5, 5.41) is 3.07. The quantitative estimate of drug-likeness (QED) is 0.661. The third kappa shape index (κ3) is 3.27. The SMILES string of the molecule is Cc1c(C(=O)O[C@@H](C)C(=O)Nc2ccc3c(c2)OCO3)sc2cccc(F)c12. The van der Waals surface area contributed by atoms with E-state index in [9.17, 15) is 14.0 Å². The van der Waals surface area contributed by atoms with Crippen LogP contribution in [0.5, 0.6) is 11.5 Å². The number of halogens is 1. The molecule has 2 aromatic carbocycles. The molecule has 4 rings (SSSR count). The first-order valence-electron chi connectivity index (χ1n) is 8.53. The Balaban J connectivity index is 1.46. The fraction of sp³-hybridized carbons (Fsp3) is 0.200. The van der Waals surface area contributed by atoms with E-state index in [0.29, 0.717) is 32.8 Å². The van der Waals surface area contributed by atoms with Gasteiger partial charge in [0.2, 0.25) is 6.79 Å². The van der Waals surface area contributed by atoms with E-state index in [4.69, 9.17) is 14.2 Å². The number of hydrogen-bond acceptors (Lipinski definition) is 6. The maximum atomic E-state index is 14.0. The van der Waals surface area contributed by atoms with Gasteiger partial charge in [-0.1, -0.05) is 6.07 Å². The van der Waals surface area contributed by atoms with Crippen molar-refractivity contribution in [3.05, 3.63) is 52.7 Å². The zero-order chi connectivity index (χ0) is 19.8. The number of carbonyl (C=O) groups excluding carboxylic acids is 2. The van der Waals surface area contributed by atoms with Gasteiger partial charge >= 0.3 is 5.97 Å². The summed E-state index contributed by atoms with van der Waals surface area (Å²) < 4.78 is 30.5. The summed E-state index contributed by atoms with van der Waals surface area (Å²) in [5.74, 6) is -0.405. The predicted molar refractivity (Wildman–Crippen MR) is 103 cm³/mol. The number of thiophene rings is 1. The van der Waals surface area contributed by atoms with Crippen molar-refractivity contribution in [2.75, 3.05) is 12.1 Å². The number of rotatable bonds is 4. The van der Waals surface area contributed by atoms with Crippen LogP contribution in [0.3, 0.4) is 0 Å². The fourth-order valence-electron chi connectivity index (χ4n) is 2.93. The Morgan fingerprint density at radius 2 is 2.00 bits per heavy atom. The normalized spacial score (nSPS) is 13.4. The minimum Gasteiger partial charge on any atom is -0.454 e. The summed E-state index contributed by atoms with van der Waals surface area (Å²) in [6.45, 7) is 3.27. The smallest absolute Gasteiger partial charge is 0.349 e. The van der Waals surface area contributed by atoms with Gasteiger partial charge in [-0.25, -0.2) is 9.18 Å². The second kappa shape index (κ2) is 7.12. The van der Waals surface area contributed by atoms with Crippen LogP contribution >= 0.6 is 11.3 Å². The highest BCUT2D eigenvalue weighted by atomic mass is 32.1. The molecule has 1 aromatic heterocycles. The van der Waals surface area contributed by atoms with Gasteiger partial charge in [0.25, 0.3) is 5.91 Å². The average Bonchev–Trinajstić information content (AvgIpc) is 3.26. The van der Waals surface area contributed by atoms with Crippen LogP contribution in [0.15, 0.2) is 36.4 Å². The molecule has 28 heavy (non-hydrogen) atoms. The molecule has 0 bridgehead atoms. The zero-order valence-corrected chi connectivity index (χ0v) is 15.9. The van der Waals surface area contributed by atoms with E-state index in [-0.39, 0.29) is 17.5 Å². The first-order valence-corrected chi connectivity index (χ1v) is 9.35. The zero-order valence-electron chi connectivity index (χ0n) is 15.1. The topological polar surface area (TPSA) is 73.9 Å². The molecule has 0 saturated carbocycles. The van der Waals surface area contributed by atoms with Crippen molar-refractivity contribution >= 4 is 39.0 Å². The number of nitrogens with one attached hydrogen (secondary N) is 1. The standard InChI is InChI=1S/C20H16FNO5S/c1-10-17-13(21)4-3-5-16(17)28-18(10)20(24)27-11(2)19(23)22-12-6-7-14-15(8-12)26-9-25-14/h3-8,11H,9H2,1-2H3,(H,22,23)/t11-/m0/s1. The van der Waals surface area contributed by atoms with Gasteiger partial charge in [-0.2, -0.15) is 0 Å². The van der Waals surface area contributed by atoms with E-state index >= 15 is 0 Å². The molecule has 2 heterocycles. The largest absolute Gasteiger partial charge is 0.454 e. The van der Waals surface area contributed by atoms with E-state index in [1.54, 1.807) is 37.3 Å². The van der Waals surface area contributed by atoms with E-state index in [0.717, 1.165) is 11.3 Å². The highest BCUT2D eigenvalue weighted by Gasteiger charge is 2.24. The summed E-state index contributed by atoms with van der Waals surface area (Å²) in [4.78, 5) is 25.2. The second-order valence-corrected chi connectivity index (χ2v) is 7.33. The molecular weight excluding hydrogens is 385 g/mol. The van der Waals surface area contributed by atoms with Gasteiger partial charge in [0.15, 0.2) is 17.6 Å². The molecule has 1 amide bonds. The fourth-order valence-corrected chi connectivity index (χ4v) is 4.04. The number of hydrogen-bond donors (Lipinski definition) is 1. The van der Waals surface area contributed by atoms with Crippen molar-refractivity contribution < 1.29 is 28.2 Å². The van der Waals surface area contributed by atoms with Crippen LogP contribution in [0.2, 0.25) is 0 Å². The first kappa shape index (κ1) is 18.2. The number of anilines is 1. The average molecular weight is 401 g/mol. The van der Waals surface area contributed by atoms with Gasteiger partial charge < -0.3 is 19.5 Å². The van der Waals surface area contributed by atoms with Crippen LogP contribution < -0.4 is 14.8 Å². The second-order valence-electron chi connectivity index (χ2n) is 6.27. The molecule has 3 aromatic rings. The molecule has 1 atom stereocenters. The number of fused-ring (bicyclic) bond motifs is 2. The lowest BCUT2D eigenvalue weighted by Crippen LogP contribution is -2.29. The van der Waals surface area contributed by atoms with E-state index < -0.39 is 18.0 Å². The Morgan fingerprint density at radius 3 is 2.79 bits per heavy atom. The third-order valence-corrected chi connectivity index (χ3v) is 5.62. The van der Waals surface area contributed by atoms with Crippen LogP contribution in [0.25, 0.3) is 10.1 Å². The Labute approximate surface area is 163 Å². The summed E-state index contributed by atoms with van der Waals surface area (Å²) in [6, 6.07) is 9.65.